The maximum Gasteiger partial charge on any atom is 0.274 e. The topological polar surface area (TPSA) is 102 Å². The van der Waals surface area contributed by atoms with Crippen molar-refractivity contribution in [3.63, 3.8) is 0 Å². The fourth-order valence-corrected chi connectivity index (χ4v) is 3.62. The van der Waals surface area contributed by atoms with E-state index in [1.807, 2.05) is 20.8 Å². The molecule has 7 nitrogen and oxygen atoms in total. The van der Waals surface area contributed by atoms with E-state index in [1.165, 1.54) is 11.6 Å². The minimum absolute atomic E-state index is 0.0538. The normalized spacial score (nSPS) is 10.9. The highest BCUT2D eigenvalue weighted by Gasteiger charge is 2.28. The molecule has 0 unspecified atom stereocenters. The number of benzene rings is 2. The zero-order valence-corrected chi connectivity index (χ0v) is 20.8. The fourth-order valence-electron chi connectivity index (χ4n) is 3.23. The van der Waals surface area contributed by atoms with Gasteiger partial charge in [0.05, 0.1) is 22.9 Å². The van der Waals surface area contributed by atoms with Crippen molar-refractivity contribution < 1.29 is 9.59 Å². The molecule has 0 saturated carbocycles. The van der Waals surface area contributed by atoms with Gasteiger partial charge in [0.1, 0.15) is 5.69 Å². The first-order valence-corrected chi connectivity index (χ1v) is 11.2. The minimum atomic E-state index is -0.518. The molecule has 9 heteroatoms. The Morgan fingerprint density at radius 3 is 2.35 bits per heavy atom. The molecular formula is C25H25Cl2N5O2. The Bertz CT molecular complexity index is 1300. The second kappa shape index (κ2) is 10.3. The molecule has 0 aliphatic carbocycles. The molecule has 2 aromatic carbocycles. The summed E-state index contributed by atoms with van der Waals surface area (Å²) in [5.41, 5.74) is 7.61. The van der Waals surface area contributed by atoms with Gasteiger partial charge in [-0.25, -0.2) is 4.68 Å². The van der Waals surface area contributed by atoms with Crippen molar-refractivity contribution in [3.8, 4) is 28.8 Å². The quantitative estimate of drug-likeness (QED) is 0.456. The predicted octanol–water partition coefficient (Wildman–Crippen LogP) is 4.64. The maximum atomic E-state index is 13.2. The lowest BCUT2D eigenvalue weighted by Gasteiger charge is -2.20. The van der Waals surface area contributed by atoms with E-state index < -0.39 is 11.4 Å². The van der Waals surface area contributed by atoms with Crippen LogP contribution in [0.2, 0.25) is 10.0 Å². The molecule has 0 spiro atoms. The van der Waals surface area contributed by atoms with Crippen LogP contribution in [-0.2, 0) is 4.79 Å². The molecule has 34 heavy (non-hydrogen) atoms. The van der Waals surface area contributed by atoms with Crippen LogP contribution in [0.1, 0.15) is 43.7 Å². The number of hydrogen-bond acceptors (Lipinski definition) is 4. The standard InChI is InChI=1S/C25H25Cl2N5O2/c1-15(33)29-21-22(24(34)30-25(2,3)4)31-32(23(21)17-8-10-18(26)11-9-17)20-12-7-16(6-5-13-28)14-19(20)27/h7-12,14H,13,28H2,1-4H3,(H,29,33)(H,30,34). The number of halogens is 2. The third-order valence-corrected chi connectivity index (χ3v) is 5.07. The number of nitrogens with two attached hydrogens (primary N) is 1. The molecule has 4 N–H and O–H groups in total. The van der Waals surface area contributed by atoms with Gasteiger partial charge in [-0.1, -0.05) is 47.2 Å². The van der Waals surface area contributed by atoms with Crippen molar-refractivity contribution in [3.05, 3.63) is 63.8 Å². The van der Waals surface area contributed by atoms with Gasteiger partial charge >= 0.3 is 0 Å². The van der Waals surface area contributed by atoms with Gasteiger partial charge in [-0.2, -0.15) is 5.10 Å². The zero-order chi connectivity index (χ0) is 25.0. The molecule has 0 aliphatic heterocycles. The molecule has 1 aromatic heterocycles. The number of rotatable bonds is 4. The van der Waals surface area contributed by atoms with Crippen LogP contribution in [0.15, 0.2) is 42.5 Å². The smallest absolute Gasteiger partial charge is 0.274 e. The Morgan fingerprint density at radius 1 is 1.12 bits per heavy atom. The van der Waals surface area contributed by atoms with E-state index in [1.54, 1.807) is 42.5 Å². The molecular weight excluding hydrogens is 473 g/mol. The Hall–Kier alpha value is -3.31. The summed E-state index contributed by atoms with van der Waals surface area (Å²) in [6.45, 7) is 7.17. The lowest BCUT2D eigenvalue weighted by molar-refractivity contribution is -0.114. The van der Waals surface area contributed by atoms with Crippen LogP contribution in [0.3, 0.4) is 0 Å². The Morgan fingerprint density at radius 2 is 1.79 bits per heavy atom. The Kier molecular flexibility index (Phi) is 7.68. The third kappa shape index (κ3) is 5.97. The van der Waals surface area contributed by atoms with E-state index in [0.717, 1.165) is 0 Å². The number of nitrogens with one attached hydrogen (secondary N) is 2. The van der Waals surface area contributed by atoms with Gasteiger partial charge in [0.25, 0.3) is 5.91 Å². The minimum Gasteiger partial charge on any atom is -0.346 e. The number of aromatic nitrogens is 2. The summed E-state index contributed by atoms with van der Waals surface area (Å²) in [6.07, 6.45) is 0. The van der Waals surface area contributed by atoms with Crippen LogP contribution in [0.25, 0.3) is 16.9 Å². The van der Waals surface area contributed by atoms with Gasteiger partial charge in [-0.05, 0) is 51.1 Å². The average molecular weight is 498 g/mol. The van der Waals surface area contributed by atoms with Gasteiger partial charge < -0.3 is 16.4 Å². The van der Waals surface area contributed by atoms with Crippen molar-refractivity contribution in [1.29, 1.82) is 0 Å². The lowest BCUT2D eigenvalue weighted by atomic mass is 10.1. The van der Waals surface area contributed by atoms with Crippen molar-refractivity contribution in [2.45, 2.75) is 33.2 Å². The van der Waals surface area contributed by atoms with Crippen LogP contribution in [0, 0.1) is 11.8 Å². The van der Waals surface area contributed by atoms with Crippen molar-refractivity contribution >= 4 is 40.7 Å². The molecule has 0 aliphatic rings. The van der Waals surface area contributed by atoms with Gasteiger partial charge in [0, 0.05) is 28.6 Å². The lowest BCUT2D eigenvalue weighted by Crippen LogP contribution is -2.41. The van der Waals surface area contributed by atoms with E-state index in [9.17, 15) is 9.59 Å². The second-order valence-electron chi connectivity index (χ2n) is 8.55. The zero-order valence-electron chi connectivity index (χ0n) is 19.3. The first-order valence-electron chi connectivity index (χ1n) is 10.5. The van der Waals surface area contributed by atoms with Crippen LogP contribution in [0.5, 0.6) is 0 Å². The van der Waals surface area contributed by atoms with E-state index in [0.29, 0.717) is 32.6 Å². The van der Waals surface area contributed by atoms with Crippen molar-refractivity contribution in [1.82, 2.24) is 15.1 Å². The Balaban J connectivity index is 2.30. The van der Waals surface area contributed by atoms with Gasteiger partial charge in [0.2, 0.25) is 5.91 Å². The summed E-state index contributed by atoms with van der Waals surface area (Å²) in [4.78, 5) is 25.3. The molecule has 0 atom stereocenters. The molecule has 0 fully saturated rings. The number of hydrogen-bond donors (Lipinski definition) is 3. The largest absolute Gasteiger partial charge is 0.346 e. The van der Waals surface area contributed by atoms with Crippen molar-refractivity contribution in [2.24, 2.45) is 5.73 Å². The summed E-state index contributed by atoms with van der Waals surface area (Å²) in [5, 5.41) is 11.2. The van der Waals surface area contributed by atoms with Gasteiger partial charge in [0.15, 0.2) is 5.69 Å². The van der Waals surface area contributed by atoms with Gasteiger partial charge in [-0.3, -0.25) is 9.59 Å². The molecule has 176 valence electrons. The van der Waals surface area contributed by atoms with Crippen LogP contribution in [0.4, 0.5) is 5.69 Å². The van der Waals surface area contributed by atoms with Crippen LogP contribution >= 0.6 is 23.2 Å². The van der Waals surface area contributed by atoms with Crippen LogP contribution in [-0.4, -0.2) is 33.7 Å². The van der Waals surface area contributed by atoms with E-state index >= 15 is 0 Å². The molecule has 2 amide bonds. The number of nitrogens with zero attached hydrogens (tertiary/aromatic N) is 2. The molecule has 0 saturated heterocycles. The summed E-state index contributed by atoms with van der Waals surface area (Å²) in [6, 6.07) is 12.2. The number of amides is 2. The number of anilines is 1. The monoisotopic (exact) mass is 497 g/mol. The molecule has 0 radical (unpaired) electrons. The summed E-state index contributed by atoms with van der Waals surface area (Å²) in [7, 11) is 0. The number of carbonyl (C=O) groups excluding carboxylic acids is 2. The van der Waals surface area contributed by atoms with E-state index in [-0.39, 0.29) is 23.8 Å². The Labute approximate surface area is 208 Å². The summed E-state index contributed by atoms with van der Waals surface area (Å²) < 4.78 is 1.54. The van der Waals surface area contributed by atoms with Crippen molar-refractivity contribution in [2.75, 3.05) is 11.9 Å². The van der Waals surface area contributed by atoms with E-state index in [4.69, 9.17) is 28.9 Å². The first-order chi connectivity index (χ1) is 16.0. The number of carbonyl (C=O) groups is 2. The third-order valence-electron chi connectivity index (χ3n) is 4.52. The SMILES string of the molecule is CC(=O)Nc1c(C(=O)NC(C)(C)C)nn(-c2ccc(C#CCN)cc2Cl)c1-c1ccc(Cl)cc1. The summed E-state index contributed by atoms with van der Waals surface area (Å²) in [5.74, 6) is 4.94. The van der Waals surface area contributed by atoms with Gasteiger partial charge in [-0.15, -0.1) is 0 Å². The molecule has 1 heterocycles. The first kappa shape index (κ1) is 25.3. The maximum absolute atomic E-state index is 13.2. The fraction of sp³-hybridized carbons (Fsp3) is 0.240. The highest BCUT2D eigenvalue weighted by atomic mass is 35.5. The molecule has 3 rings (SSSR count). The second-order valence-corrected chi connectivity index (χ2v) is 9.39. The van der Waals surface area contributed by atoms with Crippen LogP contribution < -0.4 is 16.4 Å². The van der Waals surface area contributed by atoms with E-state index in [2.05, 4.69) is 27.6 Å². The highest BCUT2D eigenvalue weighted by molar-refractivity contribution is 6.32. The average Bonchev–Trinajstić information content (AvgIpc) is 3.10. The highest BCUT2D eigenvalue weighted by Crippen LogP contribution is 2.36. The molecule has 3 aromatic rings. The molecule has 0 bridgehead atoms. The predicted molar refractivity (Wildman–Crippen MR) is 136 cm³/mol. The summed E-state index contributed by atoms with van der Waals surface area (Å²) >= 11 is 12.7.